The molecule has 0 saturated heterocycles. The maximum atomic E-state index is 12.8. The minimum atomic E-state index is -4.43. The molecule has 3 rings (SSSR count). The number of alkyl halides is 3. The molecule has 0 aliphatic rings. The summed E-state index contributed by atoms with van der Waals surface area (Å²) in [5, 5.41) is 14.9. The van der Waals surface area contributed by atoms with Crippen LogP contribution in [0.4, 0.5) is 30.6 Å². The molecule has 146 valence electrons. The zero-order valence-electron chi connectivity index (χ0n) is 14.3. The first-order valence-corrected chi connectivity index (χ1v) is 8.95. The van der Waals surface area contributed by atoms with Crippen molar-refractivity contribution in [2.24, 2.45) is 0 Å². The standard InChI is InChI=1S/C18H15BrF3N5O/c19-12-9-11(18(20,21)22)4-5-13(12)25-16-10-15(14-3-1-2-6-23-14)26-17(27-16)24-7-8-28/h1-6,9-10,28H,7-8H2,(H2,24,25,26,27). The van der Waals surface area contributed by atoms with Gasteiger partial charge in [-0.1, -0.05) is 6.07 Å². The van der Waals surface area contributed by atoms with Crippen LogP contribution in [0, 0.1) is 0 Å². The summed E-state index contributed by atoms with van der Waals surface area (Å²) in [7, 11) is 0. The first-order chi connectivity index (χ1) is 13.4. The normalized spacial score (nSPS) is 11.3. The zero-order chi connectivity index (χ0) is 20.1. The second kappa shape index (κ2) is 8.53. The number of nitrogens with one attached hydrogen (secondary N) is 2. The average Bonchev–Trinajstić information content (AvgIpc) is 2.67. The van der Waals surface area contributed by atoms with E-state index in [1.54, 1.807) is 24.4 Å². The summed E-state index contributed by atoms with van der Waals surface area (Å²) in [5.74, 6) is 0.610. The van der Waals surface area contributed by atoms with E-state index >= 15 is 0 Å². The molecular formula is C18H15BrF3N5O. The molecule has 0 fully saturated rings. The quantitative estimate of drug-likeness (QED) is 0.510. The highest BCUT2D eigenvalue weighted by Crippen LogP contribution is 2.35. The molecule has 10 heteroatoms. The average molecular weight is 454 g/mol. The zero-order valence-corrected chi connectivity index (χ0v) is 15.9. The summed E-state index contributed by atoms with van der Waals surface area (Å²) in [6.45, 7) is 0.138. The number of aromatic nitrogens is 3. The lowest BCUT2D eigenvalue weighted by Crippen LogP contribution is -2.10. The van der Waals surface area contributed by atoms with Gasteiger partial charge in [0.05, 0.1) is 29.2 Å². The molecule has 6 nitrogen and oxygen atoms in total. The third kappa shape index (κ3) is 4.96. The molecule has 3 N–H and O–H groups in total. The summed E-state index contributed by atoms with van der Waals surface area (Å²) in [6, 6.07) is 10.3. The Labute approximate surface area is 167 Å². The van der Waals surface area contributed by atoms with Gasteiger partial charge in [0.15, 0.2) is 0 Å². The molecule has 0 amide bonds. The highest BCUT2D eigenvalue weighted by Gasteiger charge is 2.30. The van der Waals surface area contributed by atoms with Crippen LogP contribution in [-0.4, -0.2) is 33.2 Å². The predicted octanol–water partition coefficient (Wildman–Crippen LogP) is 4.47. The lowest BCUT2D eigenvalue weighted by Gasteiger charge is -2.13. The predicted molar refractivity (Wildman–Crippen MR) is 103 cm³/mol. The van der Waals surface area contributed by atoms with Crippen LogP contribution in [0.5, 0.6) is 0 Å². The number of aliphatic hydroxyl groups excluding tert-OH is 1. The van der Waals surface area contributed by atoms with Crippen LogP contribution in [0.15, 0.2) is 53.1 Å². The smallest absolute Gasteiger partial charge is 0.395 e. The first kappa shape index (κ1) is 20.0. The number of hydrogen-bond donors (Lipinski definition) is 3. The van der Waals surface area contributed by atoms with E-state index in [4.69, 9.17) is 5.11 Å². The Kier molecular flexibility index (Phi) is 6.10. The maximum absolute atomic E-state index is 12.8. The highest BCUT2D eigenvalue weighted by molar-refractivity contribution is 9.10. The highest BCUT2D eigenvalue weighted by atomic mass is 79.9. The van der Waals surface area contributed by atoms with Crippen molar-refractivity contribution in [2.45, 2.75) is 6.18 Å². The third-order valence-corrected chi connectivity index (χ3v) is 4.26. The molecule has 1 aromatic carbocycles. The molecule has 0 saturated carbocycles. The number of nitrogens with zero attached hydrogens (tertiary/aromatic N) is 3. The van der Waals surface area contributed by atoms with Gasteiger partial charge >= 0.3 is 6.18 Å². The van der Waals surface area contributed by atoms with E-state index in [2.05, 4.69) is 41.5 Å². The van der Waals surface area contributed by atoms with Crippen molar-refractivity contribution in [3.63, 3.8) is 0 Å². The van der Waals surface area contributed by atoms with Gasteiger partial charge in [-0.3, -0.25) is 4.98 Å². The van der Waals surface area contributed by atoms with Crippen molar-refractivity contribution in [3.05, 3.63) is 58.7 Å². The number of anilines is 3. The van der Waals surface area contributed by atoms with E-state index in [9.17, 15) is 13.2 Å². The SMILES string of the molecule is OCCNc1nc(Nc2ccc(C(F)(F)F)cc2Br)cc(-c2ccccn2)n1. The first-order valence-electron chi connectivity index (χ1n) is 8.16. The van der Waals surface area contributed by atoms with Crippen molar-refractivity contribution < 1.29 is 18.3 Å². The monoisotopic (exact) mass is 453 g/mol. The summed E-state index contributed by atoms with van der Waals surface area (Å²) in [5.41, 5.74) is 0.770. The van der Waals surface area contributed by atoms with Gasteiger partial charge in [0.25, 0.3) is 0 Å². The molecule has 3 aromatic rings. The fourth-order valence-corrected chi connectivity index (χ4v) is 2.81. The van der Waals surface area contributed by atoms with Crippen molar-refractivity contribution in [1.82, 2.24) is 15.0 Å². The van der Waals surface area contributed by atoms with E-state index in [1.165, 1.54) is 6.07 Å². The van der Waals surface area contributed by atoms with Crippen LogP contribution in [0.25, 0.3) is 11.4 Å². The Morgan fingerprint density at radius 2 is 1.86 bits per heavy atom. The third-order valence-electron chi connectivity index (χ3n) is 3.61. The number of aliphatic hydroxyl groups is 1. The van der Waals surface area contributed by atoms with E-state index in [0.717, 1.165) is 12.1 Å². The molecule has 0 unspecified atom stereocenters. The second-order valence-corrected chi connectivity index (χ2v) is 6.50. The molecule has 0 aliphatic heterocycles. The molecule has 0 spiro atoms. The number of pyridine rings is 1. The van der Waals surface area contributed by atoms with Crippen LogP contribution in [0.2, 0.25) is 0 Å². The molecule has 0 radical (unpaired) electrons. The van der Waals surface area contributed by atoms with Crippen molar-refractivity contribution in [3.8, 4) is 11.4 Å². The van der Waals surface area contributed by atoms with Gasteiger partial charge in [-0.05, 0) is 46.3 Å². The summed E-state index contributed by atoms with van der Waals surface area (Å²) < 4.78 is 38.8. The fraction of sp³-hybridized carbons (Fsp3) is 0.167. The molecule has 28 heavy (non-hydrogen) atoms. The molecule has 0 bridgehead atoms. The summed E-state index contributed by atoms with van der Waals surface area (Å²) in [6.07, 6.45) is -2.80. The molecule has 0 atom stereocenters. The molecule has 2 heterocycles. The summed E-state index contributed by atoms with van der Waals surface area (Å²) >= 11 is 3.15. The van der Waals surface area contributed by atoms with Crippen LogP contribution >= 0.6 is 15.9 Å². The van der Waals surface area contributed by atoms with Crippen LogP contribution in [-0.2, 0) is 6.18 Å². The molecular weight excluding hydrogens is 439 g/mol. The van der Waals surface area contributed by atoms with E-state index in [0.29, 0.717) is 22.9 Å². The summed E-state index contributed by atoms with van der Waals surface area (Å²) in [4.78, 5) is 12.9. The topological polar surface area (TPSA) is 83.0 Å². The molecule has 2 aromatic heterocycles. The van der Waals surface area contributed by atoms with Gasteiger partial charge in [0.1, 0.15) is 5.82 Å². The lowest BCUT2D eigenvalue weighted by molar-refractivity contribution is -0.137. The fourth-order valence-electron chi connectivity index (χ4n) is 2.33. The minimum absolute atomic E-state index is 0.107. The van der Waals surface area contributed by atoms with Gasteiger partial charge in [0.2, 0.25) is 5.95 Å². The van der Waals surface area contributed by atoms with E-state index in [1.807, 2.05) is 6.07 Å². The van der Waals surface area contributed by atoms with Gasteiger partial charge < -0.3 is 15.7 Å². The number of benzene rings is 1. The molecule has 0 aliphatic carbocycles. The van der Waals surface area contributed by atoms with Crippen molar-refractivity contribution in [1.29, 1.82) is 0 Å². The van der Waals surface area contributed by atoms with Crippen LogP contribution in [0.1, 0.15) is 5.56 Å². The number of rotatable bonds is 6. The van der Waals surface area contributed by atoms with E-state index in [-0.39, 0.29) is 23.6 Å². The van der Waals surface area contributed by atoms with Crippen molar-refractivity contribution in [2.75, 3.05) is 23.8 Å². The Balaban J connectivity index is 1.95. The van der Waals surface area contributed by atoms with Crippen molar-refractivity contribution >= 4 is 33.4 Å². The van der Waals surface area contributed by atoms with Gasteiger partial charge in [-0.15, -0.1) is 0 Å². The maximum Gasteiger partial charge on any atom is 0.416 e. The second-order valence-electron chi connectivity index (χ2n) is 5.64. The van der Waals surface area contributed by atoms with E-state index < -0.39 is 11.7 Å². The Morgan fingerprint density at radius 1 is 1.04 bits per heavy atom. The Bertz CT molecular complexity index is 954. The van der Waals surface area contributed by atoms with Gasteiger partial charge in [-0.25, -0.2) is 4.98 Å². The van der Waals surface area contributed by atoms with Crippen LogP contribution < -0.4 is 10.6 Å². The van der Waals surface area contributed by atoms with Crippen LogP contribution in [0.3, 0.4) is 0 Å². The lowest BCUT2D eigenvalue weighted by atomic mass is 10.2. The number of halogens is 4. The van der Waals surface area contributed by atoms with Gasteiger partial charge in [0, 0.05) is 23.3 Å². The minimum Gasteiger partial charge on any atom is -0.395 e. The Morgan fingerprint density at radius 3 is 2.50 bits per heavy atom. The largest absolute Gasteiger partial charge is 0.416 e. The Hall–Kier alpha value is -2.72. The van der Waals surface area contributed by atoms with Gasteiger partial charge in [-0.2, -0.15) is 18.2 Å². The number of hydrogen-bond acceptors (Lipinski definition) is 6.